The maximum absolute atomic E-state index is 3.51. The van der Waals surface area contributed by atoms with Crippen LogP contribution in [0.3, 0.4) is 0 Å². The fourth-order valence-corrected chi connectivity index (χ4v) is 4.51. The number of nitrogens with zero attached hydrogens (tertiary/aromatic N) is 1. The molecule has 0 amide bonds. The largest absolute Gasteiger partial charge is 0.317 e. The molecule has 2 heteroatoms. The van der Waals surface area contributed by atoms with Gasteiger partial charge in [0.25, 0.3) is 0 Å². The number of hydrogen-bond donors (Lipinski definition) is 1. The first kappa shape index (κ1) is 12.8. The zero-order chi connectivity index (χ0) is 13.4. The summed E-state index contributed by atoms with van der Waals surface area (Å²) in [6, 6.07) is 7.24. The first-order valence-corrected chi connectivity index (χ1v) is 8.37. The zero-order valence-corrected chi connectivity index (χ0v) is 12.5. The van der Waals surface area contributed by atoms with Gasteiger partial charge in [0.1, 0.15) is 0 Å². The lowest BCUT2D eigenvalue weighted by Crippen LogP contribution is -2.38. The Hall–Kier alpha value is -0.860. The molecule has 108 valence electrons. The van der Waals surface area contributed by atoms with E-state index >= 15 is 0 Å². The molecule has 2 aliphatic heterocycles. The van der Waals surface area contributed by atoms with Crippen LogP contribution in [0, 0.1) is 5.41 Å². The van der Waals surface area contributed by atoms with Crippen molar-refractivity contribution >= 4 is 0 Å². The number of fused-ring (bicyclic) bond motifs is 1. The second-order valence-electron chi connectivity index (χ2n) is 7.17. The Balaban J connectivity index is 1.42. The predicted molar refractivity (Wildman–Crippen MR) is 82.9 cm³/mol. The molecule has 1 aromatic carbocycles. The van der Waals surface area contributed by atoms with Gasteiger partial charge < -0.3 is 5.32 Å². The molecule has 1 N–H and O–H groups in total. The second kappa shape index (κ2) is 5.16. The van der Waals surface area contributed by atoms with Crippen molar-refractivity contribution in [3.05, 3.63) is 34.9 Å². The van der Waals surface area contributed by atoms with Gasteiger partial charge in [0.15, 0.2) is 0 Å². The minimum atomic E-state index is 0.641. The fourth-order valence-electron chi connectivity index (χ4n) is 4.51. The van der Waals surface area contributed by atoms with E-state index in [0.717, 1.165) is 0 Å². The molecule has 1 aliphatic carbocycles. The summed E-state index contributed by atoms with van der Waals surface area (Å²) in [5.41, 5.74) is 5.40. The van der Waals surface area contributed by atoms with Crippen molar-refractivity contribution in [3.8, 4) is 0 Å². The van der Waals surface area contributed by atoms with E-state index in [1.54, 1.807) is 11.1 Å². The van der Waals surface area contributed by atoms with E-state index in [2.05, 4.69) is 28.4 Å². The van der Waals surface area contributed by atoms with Gasteiger partial charge in [0, 0.05) is 13.1 Å². The van der Waals surface area contributed by atoms with Crippen LogP contribution in [-0.4, -0.2) is 31.1 Å². The predicted octanol–water partition coefficient (Wildman–Crippen LogP) is 2.75. The van der Waals surface area contributed by atoms with E-state index in [1.807, 2.05) is 0 Å². The smallest absolute Gasteiger partial charge is 0.0234 e. The van der Waals surface area contributed by atoms with Gasteiger partial charge in [0.05, 0.1) is 0 Å². The van der Waals surface area contributed by atoms with Crippen molar-refractivity contribution in [2.75, 3.05) is 26.2 Å². The molecular weight excluding hydrogens is 244 g/mol. The van der Waals surface area contributed by atoms with Crippen molar-refractivity contribution in [1.29, 1.82) is 0 Å². The van der Waals surface area contributed by atoms with Crippen LogP contribution in [0.5, 0.6) is 0 Å². The average Bonchev–Trinajstić information content (AvgIpc) is 3.07. The summed E-state index contributed by atoms with van der Waals surface area (Å²) >= 11 is 0. The molecule has 0 aromatic heterocycles. The van der Waals surface area contributed by atoms with Gasteiger partial charge in [-0.15, -0.1) is 0 Å². The van der Waals surface area contributed by atoms with Crippen LogP contribution in [-0.2, 0) is 19.4 Å². The molecule has 20 heavy (non-hydrogen) atoms. The number of nitrogens with one attached hydrogen (secondary N) is 1. The lowest BCUT2D eigenvalue weighted by atomic mass is 9.78. The quantitative estimate of drug-likeness (QED) is 0.889. The molecule has 3 aliphatic rings. The highest BCUT2D eigenvalue weighted by atomic mass is 15.2. The van der Waals surface area contributed by atoms with Crippen molar-refractivity contribution in [2.24, 2.45) is 5.41 Å². The van der Waals surface area contributed by atoms with Gasteiger partial charge >= 0.3 is 0 Å². The average molecular weight is 270 g/mol. The van der Waals surface area contributed by atoms with Gasteiger partial charge in [-0.1, -0.05) is 18.2 Å². The van der Waals surface area contributed by atoms with Crippen LogP contribution in [0.25, 0.3) is 0 Å². The van der Waals surface area contributed by atoms with Crippen LogP contribution in [0.4, 0.5) is 0 Å². The Labute approximate surface area is 122 Å². The topological polar surface area (TPSA) is 15.3 Å². The fraction of sp³-hybridized carbons (Fsp3) is 0.667. The SMILES string of the molecule is c1cc2c(cc1CN1CCC3(CCNCC3)C1)CCC2. The second-order valence-corrected chi connectivity index (χ2v) is 7.17. The van der Waals surface area contributed by atoms with Crippen LogP contribution in [0.1, 0.15) is 42.4 Å². The maximum atomic E-state index is 3.51. The summed E-state index contributed by atoms with van der Waals surface area (Å²) in [4.78, 5) is 2.70. The third kappa shape index (κ3) is 2.40. The van der Waals surface area contributed by atoms with E-state index in [9.17, 15) is 0 Å². The monoisotopic (exact) mass is 270 g/mol. The lowest BCUT2D eigenvalue weighted by molar-refractivity contribution is 0.194. The Bertz CT molecular complexity index is 488. The highest BCUT2D eigenvalue weighted by Gasteiger charge is 2.38. The van der Waals surface area contributed by atoms with Gasteiger partial charge in [-0.25, -0.2) is 0 Å². The van der Waals surface area contributed by atoms with E-state index < -0.39 is 0 Å². The number of likely N-dealkylation sites (tertiary alicyclic amines) is 1. The first-order valence-electron chi connectivity index (χ1n) is 8.37. The number of benzene rings is 1. The van der Waals surface area contributed by atoms with Gasteiger partial charge in [-0.05, 0) is 80.3 Å². The molecule has 0 saturated carbocycles. The van der Waals surface area contributed by atoms with Gasteiger partial charge in [0.2, 0.25) is 0 Å². The molecule has 0 radical (unpaired) electrons. The molecule has 2 saturated heterocycles. The molecule has 0 bridgehead atoms. The third-order valence-corrected chi connectivity index (χ3v) is 5.75. The first-order chi connectivity index (χ1) is 9.83. The minimum absolute atomic E-state index is 0.641. The van der Waals surface area contributed by atoms with Crippen molar-refractivity contribution in [1.82, 2.24) is 10.2 Å². The molecule has 1 aromatic rings. The number of piperidine rings is 1. The van der Waals surface area contributed by atoms with Crippen molar-refractivity contribution in [3.63, 3.8) is 0 Å². The Morgan fingerprint density at radius 2 is 1.90 bits per heavy atom. The molecule has 4 rings (SSSR count). The summed E-state index contributed by atoms with van der Waals surface area (Å²) in [7, 11) is 0. The highest BCUT2D eigenvalue weighted by molar-refractivity contribution is 5.35. The molecule has 2 fully saturated rings. The Kier molecular flexibility index (Phi) is 3.31. The van der Waals surface area contributed by atoms with E-state index in [1.165, 1.54) is 76.8 Å². The molecular formula is C18H26N2. The van der Waals surface area contributed by atoms with E-state index in [4.69, 9.17) is 0 Å². The summed E-state index contributed by atoms with van der Waals surface area (Å²) in [6.45, 7) is 6.25. The maximum Gasteiger partial charge on any atom is 0.0234 e. The van der Waals surface area contributed by atoms with E-state index in [0.29, 0.717) is 5.41 Å². The summed E-state index contributed by atoms with van der Waals surface area (Å²) in [5, 5.41) is 3.51. The van der Waals surface area contributed by atoms with Crippen LogP contribution < -0.4 is 5.32 Å². The number of aryl methyl sites for hydroxylation is 2. The molecule has 1 spiro atoms. The lowest BCUT2D eigenvalue weighted by Gasteiger charge is -2.34. The van der Waals surface area contributed by atoms with E-state index in [-0.39, 0.29) is 0 Å². The van der Waals surface area contributed by atoms with Gasteiger partial charge in [-0.3, -0.25) is 4.90 Å². The molecule has 0 unspecified atom stereocenters. The van der Waals surface area contributed by atoms with Crippen LogP contribution in [0.15, 0.2) is 18.2 Å². The highest BCUT2D eigenvalue weighted by Crippen LogP contribution is 2.39. The zero-order valence-electron chi connectivity index (χ0n) is 12.5. The normalized spacial score (nSPS) is 25.2. The van der Waals surface area contributed by atoms with Crippen LogP contribution in [0.2, 0.25) is 0 Å². The molecule has 2 heterocycles. The number of hydrogen-bond acceptors (Lipinski definition) is 2. The summed E-state index contributed by atoms with van der Waals surface area (Å²) in [5.74, 6) is 0. The Morgan fingerprint density at radius 1 is 1.05 bits per heavy atom. The van der Waals surface area contributed by atoms with Crippen molar-refractivity contribution in [2.45, 2.75) is 45.1 Å². The summed E-state index contributed by atoms with van der Waals surface area (Å²) < 4.78 is 0. The van der Waals surface area contributed by atoms with Gasteiger partial charge in [-0.2, -0.15) is 0 Å². The third-order valence-electron chi connectivity index (χ3n) is 5.75. The minimum Gasteiger partial charge on any atom is -0.317 e. The molecule has 0 atom stereocenters. The van der Waals surface area contributed by atoms with Crippen LogP contribution >= 0.6 is 0 Å². The number of rotatable bonds is 2. The molecule has 2 nitrogen and oxygen atoms in total. The Morgan fingerprint density at radius 3 is 2.80 bits per heavy atom. The summed E-state index contributed by atoms with van der Waals surface area (Å²) in [6.07, 6.45) is 8.15. The standard InChI is InChI=1S/C18H26N2/c1-2-16-5-4-15(12-17(16)3-1)13-20-11-8-18(14-20)6-9-19-10-7-18/h4-5,12,19H,1-3,6-11,13-14H2. The van der Waals surface area contributed by atoms with Crippen molar-refractivity contribution < 1.29 is 0 Å².